The molecule has 1 N–H and O–H groups in total. The van der Waals surface area contributed by atoms with E-state index in [0.717, 1.165) is 30.0 Å². The molecule has 1 aromatic heterocycles. The van der Waals surface area contributed by atoms with Crippen LogP contribution < -0.4 is 10.2 Å². The summed E-state index contributed by atoms with van der Waals surface area (Å²) in [4.78, 5) is 17.4. The average molecular weight is 288 g/mol. The van der Waals surface area contributed by atoms with Gasteiger partial charge in [-0.25, -0.2) is 4.98 Å². The van der Waals surface area contributed by atoms with Crippen molar-refractivity contribution in [2.75, 3.05) is 16.8 Å². The van der Waals surface area contributed by atoms with E-state index in [-0.39, 0.29) is 5.91 Å². The van der Waals surface area contributed by atoms with E-state index in [1.807, 2.05) is 18.2 Å². The first-order valence-corrected chi connectivity index (χ1v) is 6.81. The van der Waals surface area contributed by atoms with Gasteiger partial charge in [-0.2, -0.15) is 0 Å². The molecular formula is C15H14ClN3O. The van der Waals surface area contributed by atoms with Gasteiger partial charge >= 0.3 is 0 Å². The summed E-state index contributed by atoms with van der Waals surface area (Å²) in [5, 5.41) is 3.72. The lowest BCUT2D eigenvalue weighted by Crippen LogP contribution is -2.25. The quantitative estimate of drug-likeness (QED) is 0.861. The van der Waals surface area contributed by atoms with Crippen LogP contribution in [0.5, 0.6) is 0 Å². The SMILES string of the molecule is CC(=O)N1CCc2ccc(Nc3ccnc(Cl)c3)cc21. The minimum absolute atomic E-state index is 0.0767. The van der Waals surface area contributed by atoms with Gasteiger partial charge in [-0.1, -0.05) is 17.7 Å². The van der Waals surface area contributed by atoms with Crippen molar-refractivity contribution in [1.29, 1.82) is 0 Å². The minimum atomic E-state index is 0.0767. The molecule has 1 aliphatic heterocycles. The summed E-state index contributed by atoms with van der Waals surface area (Å²) in [6, 6.07) is 9.68. The van der Waals surface area contributed by atoms with Gasteiger partial charge < -0.3 is 10.2 Å². The molecule has 2 heterocycles. The number of hydrogen-bond donors (Lipinski definition) is 1. The van der Waals surface area contributed by atoms with Gasteiger partial charge in [0.15, 0.2) is 0 Å². The molecule has 0 saturated heterocycles. The smallest absolute Gasteiger partial charge is 0.223 e. The number of carbonyl (C=O) groups is 1. The Labute approximate surface area is 122 Å². The number of rotatable bonds is 2. The van der Waals surface area contributed by atoms with Crippen LogP contribution in [0.15, 0.2) is 36.5 Å². The Morgan fingerprint density at radius 2 is 2.10 bits per heavy atom. The Morgan fingerprint density at radius 3 is 2.85 bits per heavy atom. The Kier molecular flexibility index (Phi) is 3.32. The fraction of sp³-hybridized carbons (Fsp3) is 0.200. The summed E-state index contributed by atoms with van der Waals surface area (Å²) in [5.74, 6) is 0.0767. The maximum absolute atomic E-state index is 11.6. The lowest BCUT2D eigenvalue weighted by atomic mass is 10.1. The van der Waals surface area contributed by atoms with Gasteiger partial charge in [-0.15, -0.1) is 0 Å². The Hall–Kier alpha value is -2.07. The topological polar surface area (TPSA) is 45.2 Å². The molecule has 20 heavy (non-hydrogen) atoms. The van der Waals surface area contributed by atoms with Crippen molar-refractivity contribution >= 4 is 34.6 Å². The highest BCUT2D eigenvalue weighted by Gasteiger charge is 2.22. The molecule has 0 fully saturated rings. The lowest BCUT2D eigenvalue weighted by molar-refractivity contribution is -0.116. The lowest BCUT2D eigenvalue weighted by Gasteiger charge is -2.16. The van der Waals surface area contributed by atoms with Crippen LogP contribution in [0.1, 0.15) is 12.5 Å². The predicted octanol–water partition coefficient (Wildman–Crippen LogP) is 3.39. The molecule has 0 bridgehead atoms. The van der Waals surface area contributed by atoms with E-state index in [0.29, 0.717) is 5.15 Å². The van der Waals surface area contributed by atoms with Crippen LogP contribution in [0.4, 0.5) is 17.1 Å². The van der Waals surface area contributed by atoms with Crippen molar-refractivity contribution in [3.05, 3.63) is 47.2 Å². The van der Waals surface area contributed by atoms with Crippen LogP contribution in [0.25, 0.3) is 0 Å². The number of hydrogen-bond acceptors (Lipinski definition) is 3. The highest BCUT2D eigenvalue weighted by atomic mass is 35.5. The van der Waals surface area contributed by atoms with Gasteiger partial charge in [0.1, 0.15) is 5.15 Å². The highest BCUT2D eigenvalue weighted by molar-refractivity contribution is 6.29. The number of carbonyl (C=O) groups excluding carboxylic acids is 1. The zero-order valence-corrected chi connectivity index (χ0v) is 11.8. The Bertz CT molecular complexity index is 672. The van der Waals surface area contributed by atoms with Gasteiger partial charge in [0.25, 0.3) is 0 Å². The predicted molar refractivity (Wildman–Crippen MR) is 80.7 cm³/mol. The van der Waals surface area contributed by atoms with Crippen LogP contribution in [-0.4, -0.2) is 17.4 Å². The number of halogens is 1. The Balaban J connectivity index is 1.89. The number of nitrogens with one attached hydrogen (secondary N) is 1. The van der Waals surface area contributed by atoms with Crippen molar-refractivity contribution in [3.8, 4) is 0 Å². The van der Waals surface area contributed by atoms with Gasteiger partial charge in [0, 0.05) is 36.7 Å². The molecule has 3 rings (SSSR count). The number of benzene rings is 1. The number of fused-ring (bicyclic) bond motifs is 1. The second kappa shape index (κ2) is 5.13. The van der Waals surface area contributed by atoms with Crippen molar-refractivity contribution in [2.24, 2.45) is 0 Å². The molecule has 0 radical (unpaired) electrons. The van der Waals surface area contributed by atoms with Gasteiger partial charge in [-0.05, 0) is 36.2 Å². The van der Waals surface area contributed by atoms with E-state index < -0.39 is 0 Å². The van der Waals surface area contributed by atoms with Crippen molar-refractivity contribution < 1.29 is 4.79 Å². The molecule has 1 aromatic carbocycles. The first kappa shape index (κ1) is 12.9. The van der Waals surface area contributed by atoms with Gasteiger partial charge in [0.05, 0.1) is 0 Å². The number of nitrogens with zero attached hydrogens (tertiary/aromatic N) is 2. The molecule has 0 unspecified atom stereocenters. The molecule has 0 aliphatic carbocycles. The number of amides is 1. The summed E-state index contributed by atoms with van der Waals surface area (Å²) in [5.41, 5.74) is 4.00. The maximum Gasteiger partial charge on any atom is 0.223 e. The molecule has 0 saturated carbocycles. The van der Waals surface area contributed by atoms with E-state index in [2.05, 4.69) is 16.4 Å². The summed E-state index contributed by atoms with van der Waals surface area (Å²) in [6.07, 6.45) is 2.57. The normalized spacial score (nSPS) is 13.2. The number of aromatic nitrogens is 1. The van der Waals surface area contributed by atoms with Crippen LogP contribution in [0.2, 0.25) is 5.15 Å². The summed E-state index contributed by atoms with van der Waals surface area (Å²) >= 11 is 5.87. The van der Waals surface area contributed by atoms with Crippen LogP contribution in [0, 0.1) is 0 Å². The highest BCUT2D eigenvalue weighted by Crippen LogP contribution is 2.32. The summed E-state index contributed by atoms with van der Waals surface area (Å²) in [6.45, 7) is 2.35. The zero-order valence-electron chi connectivity index (χ0n) is 11.1. The van der Waals surface area contributed by atoms with E-state index in [4.69, 9.17) is 11.6 Å². The third kappa shape index (κ3) is 2.47. The largest absolute Gasteiger partial charge is 0.355 e. The van der Waals surface area contributed by atoms with Crippen LogP contribution >= 0.6 is 11.6 Å². The third-order valence-corrected chi connectivity index (χ3v) is 3.58. The van der Waals surface area contributed by atoms with E-state index >= 15 is 0 Å². The molecule has 1 amide bonds. The van der Waals surface area contributed by atoms with E-state index in [9.17, 15) is 4.79 Å². The fourth-order valence-corrected chi connectivity index (χ4v) is 2.60. The minimum Gasteiger partial charge on any atom is -0.355 e. The molecule has 5 heteroatoms. The standard InChI is InChI=1S/C15H14ClN3O/c1-10(20)19-7-5-11-2-3-12(8-14(11)19)18-13-4-6-17-15(16)9-13/h2-4,6,8-9H,5,7H2,1H3,(H,17,18). The molecule has 1 aliphatic rings. The summed E-state index contributed by atoms with van der Waals surface area (Å²) < 4.78 is 0. The Morgan fingerprint density at radius 1 is 1.30 bits per heavy atom. The van der Waals surface area contributed by atoms with E-state index in [1.165, 1.54) is 5.56 Å². The molecule has 102 valence electrons. The molecular weight excluding hydrogens is 274 g/mol. The van der Waals surface area contributed by atoms with Crippen LogP contribution in [0.3, 0.4) is 0 Å². The van der Waals surface area contributed by atoms with Crippen molar-refractivity contribution in [1.82, 2.24) is 4.98 Å². The van der Waals surface area contributed by atoms with E-state index in [1.54, 1.807) is 24.1 Å². The third-order valence-electron chi connectivity index (χ3n) is 3.38. The van der Waals surface area contributed by atoms with Crippen LogP contribution in [-0.2, 0) is 11.2 Å². The number of pyridine rings is 1. The second-order valence-corrected chi connectivity index (χ2v) is 5.14. The maximum atomic E-state index is 11.6. The monoisotopic (exact) mass is 287 g/mol. The molecule has 0 atom stereocenters. The zero-order chi connectivity index (χ0) is 14.1. The second-order valence-electron chi connectivity index (χ2n) is 4.76. The van der Waals surface area contributed by atoms with Crippen molar-refractivity contribution in [3.63, 3.8) is 0 Å². The van der Waals surface area contributed by atoms with Crippen molar-refractivity contribution in [2.45, 2.75) is 13.3 Å². The van der Waals surface area contributed by atoms with Gasteiger partial charge in [0.2, 0.25) is 5.91 Å². The first-order valence-electron chi connectivity index (χ1n) is 6.43. The summed E-state index contributed by atoms with van der Waals surface area (Å²) in [7, 11) is 0. The van der Waals surface area contributed by atoms with Gasteiger partial charge in [-0.3, -0.25) is 4.79 Å². The number of anilines is 3. The molecule has 0 spiro atoms. The molecule has 2 aromatic rings. The molecule has 4 nitrogen and oxygen atoms in total. The fourth-order valence-electron chi connectivity index (χ4n) is 2.43. The first-order chi connectivity index (χ1) is 9.63. The average Bonchev–Trinajstić information content (AvgIpc) is 2.82.